The zero-order valence-corrected chi connectivity index (χ0v) is 16.9. The first-order chi connectivity index (χ1) is 12.5. The van der Waals surface area contributed by atoms with Crippen LogP contribution in [0.15, 0.2) is 54.6 Å². The zero-order valence-electron chi connectivity index (χ0n) is 16.1. The van der Waals surface area contributed by atoms with Gasteiger partial charge in [0.1, 0.15) is 5.75 Å². The van der Waals surface area contributed by atoms with Crippen molar-refractivity contribution in [3.63, 3.8) is 0 Å². The van der Waals surface area contributed by atoms with Crippen LogP contribution in [-0.4, -0.2) is 18.3 Å². The molecule has 0 aromatic heterocycles. The van der Waals surface area contributed by atoms with E-state index in [4.69, 9.17) is 4.74 Å². The van der Waals surface area contributed by atoms with Gasteiger partial charge in [-0.15, -0.1) is 11.8 Å². The molecule has 0 aliphatic rings. The summed E-state index contributed by atoms with van der Waals surface area (Å²) in [6.45, 7) is 6.33. The Morgan fingerprint density at radius 1 is 1.04 bits per heavy atom. The van der Waals surface area contributed by atoms with Gasteiger partial charge in [-0.05, 0) is 42.5 Å². The highest BCUT2D eigenvalue weighted by Crippen LogP contribution is 2.25. The zero-order chi connectivity index (χ0) is 18.9. The smallest absolute Gasteiger partial charge is 0.233 e. The Bertz CT molecular complexity index is 670. The van der Waals surface area contributed by atoms with Crippen molar-refractivity contribution in [1.29, 1.82) is 0 Å². The SMILES string of the molecule is COc1ccc([C@H](CC(C)C)NC(=O)[C@H](C)SCc2ccccc2)cc1. The highest BCUT2D eigenvalue weighted by Gasteiger charge is 2.20. The van der Waals surface area contributed by atoms with E-state index >= 15 is 0 Å². The molecule has 2 aromatic rings. The monoisotopic (exact) mass is 371 g/mol. The lowest BCUT2D eigenvalue weighted by molar-refractivity contribution is -0.121. The van der Waals surface area contributed by atoms with Gasteiger partial charge in [-0.1, -0.05) is 56.3 Å². The van der Waals surface area contributed by atoms with Crippen LogP contribution in [0.5, 0.6) is 5.75 Å². The van der Waals surface area contributed by atoms with Crippen molar-refractivity contribution in [1.82, 2.24) is 5.32 Å². The van der Waals surface area contributed by atoms with E-state index in [2.05, 4.69) is 31.3 Å². The molecule has 2 aromatic carbocycles. The van der Waals surface area contributed by atoms with Crippen molar-refractivity contribution in [3.8, 4) is 5.75 Å². The van der Waals surface area contributed by atoms with Crippen LogP contribution in [0.25, 0.3) is 0 Å². The minimum Gasteiger partial charge on any atom is -0.497 e. The van der Waals surface area contributed by atoms with Gasteiger partial charge in [-0.3, -0.25) is 4.79 Å². The molecule has 0 aliphatic carbocycles. The number of benzene rings is 2. The molecule has 1 N–H and O–H groups in total. The number of ether oxygens (including phenoxy) is 1. The summed E-state index contributed by atoms with van der Waals surface area (Å²) in [6.07, 6.45) is 0.911. The number of thioether (sulfide) groups is 1. The topological polar surface area (TPSA) is 38.3 Å². The number of methoxy groups -OCH3 is 1. The van der Waals surface area contributed by atoms with E-state index in [0.29, 0.717) is 5.92 Å². The summed E-state index contributed by atoms with van der Waals surface area (Å²) in [6, 6.07) is 18.2. The molecular weight excluding hydrogens is 342 g/mol. The normalized spacial score (nSPS) is 13.3. The van der Waals surface area contributed by atoms with Gasteiger partial charge in [0.25, 0.3) is 0 Å². The van der Waals surface area contributed by atoms with Crippen LogP contribution in [0.1, 0.15) is 44.4 Å². The van der Waals surface area contributed by atoms with Gasteiger partial charge in [0.2, 0.25) is 5.91 Å². The van der Waals surface area contributed by atoms with E-state index in [1.165, 1.54) is 5.56 Å². The van der Waals surface area contributed by atoms with Crippen LogP contribution >= 0.6 is 11.8 Å². The van der Waals surface area contributed by atoms with Gasteiger partial charge >= 0.3 is 0 Å². The number of carbonyl (C=O) groups is 1. The second kappa shape index (κ2) is 10.3. The van der Waals surface area contributed by atoms with Gasteiger partial charge in [0.05, 0.1) is 18.4 Å². The Morgan fingerprint density at radius 2 is 1.69 bits per heavy atom. The molecule has 4 heteroatoms. The van der Waals surface area contributed by atoms with Gasteiger partial charge in [0.15, 0.2) is 0 Å². The molecule has 0 heterocycles. The van der Waals surface area contributed by atoms with Gasteiger partial charge < -0.3 is 10.1 Å². The molecule has 1 amide bonds. The second-order valence-electron chi connectivity index (χ2n) is 6.90. The molecule has 0 saturated heterocycles. The summed E-state index contributed by atoms with van der Waals surface area (Å²) in [5, 5.41) is 3.14. The molecule has 140 valence electrons. The van der Waals surface area contributed by atoms with Crippen LogP contribution in [-0.2, 0) is 10.5 Å². The van der Waals surface area contributed by atoms with Crippen molar-refractivity contribution >= 4 is 17.7 Å². The van der Waals surface area contributed by atoms with Crippen molar-refractivity contribution in [2.24, 2.45) is 5.92 Å². The summed E-state index contributed by atoms with van der Waals surface area (Å²) in [7, 11) is 1.66. The molecule has 0 bridgehead atoms. The van der Waals surface area contributed by atoms with E-state index in [9.17, 15) is 4.79 Å². The Labute approximate surface area is 161 Å². The third-order valence-electron chi connectivity index (χ3n) is 4.25. The highest BCUT2D eigenvalue weighted by atomic mass is 32.2. The van der Waals surface area contributed by atoms with E-state index < -0.39 is 0 Å². The fraction of sp³-hybridized carbons (Fsp3) is 0.409. The number of hydrogen-bond acceptors (Lipinski definition) is 3. The maximum atomic E-state index is 12.7. The maximum absolute atomic E-state index is 12.7. The number of amides is 1. The predicted octanol–water partition coefficient (Wildman–Crippen LogP) is 5.22. The van der Waals surface area contributed by atoms with Crippen molar-refractivity contribution in [3.05, 3.63) is 65.7 Å². The minimum absolute atomic E-state index is 0.0215. The van der Waals surface area contributed by atoms with Crippen LogP contribution in [0.2, 0.25) is 0 Å². The molecule has 2 rings (SSSR count). The highest BCUT2D eigenvalue weighted by molar-refractivity contribution is 7.99. The van der Waals surface area contributed by atoms with Crippen molar-refractivity contribution in [2.45, 2.75) is 44.2 Å². The first kappa shape index (κ1) is 20.4. The van der Waals surface area contributed by atoms with Gasteiger partial charge in [-0.2, -0.15) is 0 Å². The van der Waals surface area contributed by atoms with Crippen LogP contribution in [0.3, 0.4) is 0 Å². The Balaban J connectivity index is 1.98. The maximum Gasteiger partial charge on any atom is 0.233 e. The van der Waals surface area contributed by atoms with Crippen molar-refractivity contribution < 1.29 is 9.53 Å². The van der Waals surface area contributed by atoms with Gasteiger partial charge in [-0.25, -0.2) is 0 Å². The molecule has 0 saturated carbocycles. The van der Waals surface area contributed by atoms with E-state index in [1.54, 1.807) is 18.9 Å². The minimum atomic E-state index is -0.0943. The van der Waals surface area contributed by atoms with Crippen LogP contribution in [0, 0.1) is 5.92 Å². The Hall–Kier alpha value is -1.94. The quantitative estimate of drug-likeness (QED) is 0.657. The molecule has 0 unspecified atom stereocenters. The molecular formula is C22H29NO2S. The first-order valence-electron chi connectivity index (χ1n) is 9.09. The lowest BCUT2D eigenvalue weighted by atomic mass is 9.96. The molecule has 0 radical (unpaired) electrons. The summed E-state index contributed by atoms with van der Waals surface area (Å²) in [5.41, 5.74) is 2.36. The molecule has 3 nitrogen and oxygen atoms in total. The number of nitrogens with one attached hydrogen (secondary N) is 1. The summed E-state index contributed by atoms with van der Waals surface area (Å²) < 4.78 is 5.23. The largest absolute Gasteiger partial charge is 0.497 e. The molecule has 0 spiro atoms. The van der Waals surface area contributed by atoms with E-state index in [-0.39, 0.29) is 17.2 Å². The third kappa shape index (κ3) is 6.41. The fourth-order valence-electron chi connectivity index (χ4n) is 2.75. The van der Waals surface area contributed by atoms with Crippen LogP contribution < -0.4 is 10.1 Å². The second-order valence-corrected chi connectivity index (χ2v) is 8.23. The molecule has 0 aliphatic heterocycles. The Kier molecular flexibility index (Phi) is 8.05. The number of hydrogen-bond donors (Lipinski definition) is 1. The van der Waals surface area contributed by atoms with Crippen molar-refractivity contribution in [2.75, 3.05) is 7.11 Å². The lowest BCUT2D eigenvalue weighted by Gasteiger charge is -2.23. The summed E-state index contributed by atoms with van der Waals surface area (Å²) in [4.78, 5) is 12.7. The predicted molar refractivity (Wildman–Crippen MR) is 111 cm³/mol. The fourth-order valence-corrected chi connectivity index (χ4v) is 3.60. The van der Waals surface area contributed by atoms with Gasteiger partial charge in [0, 0.05) is 5.75 Å². The summed E-state index contributed by atoms with van der Waals surface area (Å²) in [5.74, 6) is 2.25. The van der Waals surface area contributed by atoms with E-state index in [1.807, 2.05) is 49.4 Å². The lowest BCUT2D eigenvalue weighted by Crippen LogP contribution is -2.35. The first-order valence-corrected chi connectivity index (χ1v) is 10.1. The van der Waals surface area contributed by atoms with E-state index in [0.717, 1.165) is 23.5 Å². The van der Waals surface area contributed by atoms with Crippen LogP contribution in [0.4, 0.5) is 0 Å². The molecule has 0 fully saturated rings. The average molecular weight is 372 g/mol. The summed E-state index contributed by atoms with van der Waals surface area (Å²) >= 11 is 1.67. The standard InChI is InChI=1S/C22H29NO2S/c1-16(2)14-21(19-10-12-20(25-4)13-11-19)23-22(24)17(3)26-15-18-8-6-5-7-9-18/h5-13,16-17,21H,14-15H2,1-4H3,(H,23,24)/t17-,21-/m0/s1. The number of carbonyl (C=O) groups excluding carboxylic acids is 1. The number of rotatable bonds is 9. The Morgan fingerprint density at radius 3 is 2.27 bits per heavy atom. The third-order valence-corrected chi connectivity index (χ3v) is 5.47. The molecule has 26 heavy (non-hydrogen) atoms. The molecule has 2 atom stereocenters. The average Bonchev–Trinajstić information content (AvgIpc) is 2.66.